The van der Waals surface area contributed by atoms with E-state index in [1.807, 2.05) is 48.5 Å². The van der Waals surface area contributed by atoms with Crippen LogP contribution in [0.5, 0.6) is 0 Å². The number of rotatable bonds is 5. The molecule has 6 heteroatoms. The van der Waals surface area contributed by atoms with Crippen molar-refractivity contribution in [3.8, 4) is 11.1 Å². The van der Waals surface area contributed by atoms with Crippen LogP contribution in [0.25, 0.3) is 11.1 Å². The molecule has 0 aliphatic carbocycles. The van der Waals surface area contributed by atoms with E-state index in [0.717, 1.165) is 16.7 Å². The van der Waals surface area contributed by atoms with Gasteiger partial charge in [-0.25, -0.2) is 0 Å². The highest BCUT2D eigenvalue weighted by Gasteiger charge is 2.38. The van der Waals surface area contributed by atoms with Crippen molar-refractivity contribution in [2.24, 2.45) is 5.92 Å². The van der Waals surface area contributed by atoms with Crippen LogP contribution < -0.4 is 5.32 Å². The first-order valence-electron chi connectivity index (χ1n) is 10.4. The fourth-order valence-electron chi connectivity index (χ4n) is 4.04. The van der Waals surface area contributed by atoms with Crippen LogP contribution in [0.2, 0.25) is 5.02 Å². The van der Waals surface area contributed by atoms with Gasteiger partial charge in [0, 0.05) is 36.1 Å². The van der Waals surface area contributed by atoms with Crippen molar-refractivity contribution in [1.29, 1.82) is 0 Å². The number of pyridine rings is 1. The first-order chi connectivity index (χ1) is 15.0. The Kier molecular flexibility index (Phi) is 6.33. The van der Waals surface area contributed by atoms with Crippen LogP contribution in [-0.4, -0.2) is 34.3 Å². The van der Waals surface area contributed by atoms with Crippen LogP contribution in [0.4, 0.5) is 0 Å². The second-order valence-corrected chi connectivity index (χ2v) is 8.38. The van der Waals surface area contributed by atoms with Crippen LogP contribution in [0.15, 0.2) is 73.1 Å². The Morgan fingerprint density at radius 2 is 1.77 bits per heavy atom. The number of carbonyl (C=O) groups excluding carboxylic acids is 2. The second-order valence-electron chi connectivity index (χ2n) is 7.94. The maximum absolute atomic E-state index is 13.5. The van der Waals surface area contributed by atoms with Crippen LogP contribution >= 0.6 is 11.6 Å². The van der Waals surface area contributed by atoms with Gasteiger partial charge in [0.1, 0.15) is 6.04 Å². The third-order valence-corrected chi connectivity index (χ3v) is 5.85. The molecule has 1 fully saturated rings. The molecule has 1 aliphatic rings. The fourth-order valence-corrected chi connectivity index (χ4v) is 4.16. The van der Waals surface area contributed by atoms with Crippen molar-refractivity contribution in [1.82, 2.24) is 15.2 Å². The average Bonchev–Trinajstić information content (AvgIpc) is 3.20. The summed E-state index contributed by atoms with van der Waals surface area (Å²) in [6.45, 7) is 3.03. The predicted octanol–water partition coefficient (Wildman–Crippen LogP) is 4.57. The van der Waals surface area contributed by atoms with E-state index < -0.39 is 6.04 Å². The van der Waals surface area contributed by atoms with Crippen LogP contribution in [0.3, 0.4) is 0 Å². The summed E-state index contributed by atoms with van der Waals surface area (Å²) in [6, 6.07) is 18.2. The number of hydrogen-bond acceptors (Lipinski definition) is 3. The Morgan fingerprint density at radius 3 is 2.52 bits per heavy atom. The minimum Gasteiger partial charge on any atom is -0.350 e. The quantitative estimate of drug-likeness (QED) is 0.641. The number of aromatic nitrogens is 1. The summed E-state index contributed by atoms with van der Waals surface area (Å²) in [5.74, 6) is 0.000710. The maximum atomic E-state index is 13.5. The van der Waals surface area contributed by atoms with Gasteiger partial charge in [-0.2, -0.15) is 0 Å². The fraction of sp³-hybridized carbons (Fsp3) is 0.240. The van der Waals surface area contributed by atoms with Crippen molar-refractivity contribution in [3.05, 3.63) is 89.2 Å². The van der Waals surface area contributed by atoms with Crippen molar-refractivity contribution in [3.63, 3.8) is 0 Å². The van der Waals surface area contributed by atoms with E-state index >= 15 is 0 Å². The zero-order chi connectivity index (χ0) is 21.8. The van der Waals surface area contributed by atoms with Crippen molar-refractivity contribution in [2.45, 2.75) is 25.9 Å². The third-order valence-electron chi connectivity index (χ3n) is 5.60. The molecule has 1 saturated heterocycles. The van der Waals surface area contributed by atoms with Gasteiger partial charge in [0.15, 0.2) is 0 Å². The van der Waals surface area contributed by atoms with Gasteiger partial charge >= 0.3 is 0 Å². The molecule has 1 aliphatic heterocycles. The number of nitrogens with one attached hydrogen (secondary N) is 1. The summed E-state index contributed by atoms with van der Waals surface area (Å²) >= 11 is 5.93. The number of amides is 2. The normalized spacial score (nSPS) is 18.1. The predicted molar refractivity (Wildman–Crippen MR) is 122 cm³/mol. The molecule has 158 valence electrons. The highest BCUT2D eigenvalue weighted by atomic mass is 35.5. The summed E-state index contributed by atoms with van der Waals surface area (Å²) in [7, 11) is 0. The molecule has 2 atom stereocenters. The van der Waals surface area contributed by atoms with E-state index in [1.54, 1.807) is 29.4 Å². The molecule has 3 aromatic rings. The number of halogens is 1. The Hall–Kier alpha value is -3.18. The minimum absolute atomic E-state index is 0.122. The molecule has 2 heterocycles. The number of nitrogens with zero attached hydrogens (tertiary/aromatic N) is 2. The molecular formula is C25H24ClN3O2. The largest absolute Gasteiger partial charge is 0.350 e. The molecule has 2 aromatic carbocycles. The van der Waals surface area contributed by atoms with Gasteiger partial charge in [-0.1, -0.05) is 48.9 Å². The minimum atomic E-state index is -0.486. The van der Waals surface area contributed by atoms with Gasteiger partial charge in [-0.3, -0.25) is 14.6 Å². The van der Waals surface area contributed by atoms with E-state index in [2.05, 4.69) is 17.2 Å². The Labute approximate surface area is 187 Å². The number of likely N-dealkylation sites (tertiary alicyclic amines) is 1. The van der Waals surface area contributed by atoms with Crippen molar-refractivity contribution >= 4 is 23.4 Å². The van der Waals surface area contributed by atoms with Crippen LogP contribution in [-0.2, 0) is 11.3 Å². The standard InChI is InChI=1S/C25H24ClN3O2/c1-17-14-23(24(30)28-15-18-6-8-20(26)9-7-18)29(16-17)25(31)22-5-3-2-4-21(22)19-10-12-27-13-11-19/h2-13,17,23H,14-16H2,1H3,(H,28,30). The summed E-state index contributed by atoms with van der Waals surface area (Å²) in [4.78, 5) is 32.3. The van der Waals surface area contributed by atoms with Gasteiger partial charge in [-0.15, -0.1) is 0 Å². The summed E-state index contributed by atoms with van der Waals surface area (Å²) in [6.07, 6.45) is 4.07. The monoisotopic (exact) mass is 433 g/mol. The van der Waals surface area contributed by atoms with Gasteiger partial charge < -0.3 is 10.2 Å². The van der Waals surface area contributed by atoms with Crippen molar-refractivity contribution in [2.75, 3.05) is 6.54 Å². The first-order valence-corrected chi connectivity index (χ1v) is 10.7. The van der Waals surface area contributed by atoms with Gasteiger partial charge in [-0.05, 0) is 59.4 Å². The summed E-state index contributed by atoms with van der Waals surface area (Å²) in [5, 5.41) is 3.64. The summed E-state index contributed by atoms with van der Waals surface area (Å²) in [5.41, 5.74) is 3.33. The molecule has 2 unspecified atom stereocenters. The lowest BCUT2D eigenvalue weighted by Gasteiger charge is -2.25. The molecule has 0 saturated carbocycles. The molecule has 1 aromatic heterocycles. The first kappa shape index (κ1) is 21.1. The lowest BCUT2D eigenvalue weighted by Crippen LogP contribution is -2.45. The molecule has 5 nitrogen and oxygen atoms in total. The maximum Gasteiger partial charge on any atom is 0.255 e. The molecule has 2 amide bonds. The SMILES string of the molecule is CC1CC(C(=O)NCc2ccc(Cl)cc2)N(C(=O)c2ccccc2-c2ccncc2)C1. The molecule has 0 bridgehead atoms. The molecule has 4 rings (SSSR count). The topological polar surface area (TPSA) is 62.3 Å². The highest BCUT2D eigenvalue weighted by Crippen LogP contribution is 2.29. The second kappa shape index (κ2) is 9.31. The van der Waals surface area contributed by atoms with E-state index in [9.17, 15) is 9.59 Å². The molecular weight excluding hydrogens is 410 g/mol. The zero-order valence-corrected chi connectivity index (χ0v) is 18.0. The molecule has 1 N–H and O–H groups in total. The Morgan fingerprint density at radius 1 is 1.06 bits per heavy atom. The van der Waals surface area contributed by atoms with E-state index in [-0.39, 0.29) is 17.7 Å². The van der Waals surface area contributed by atoms with Gasteiger partial charge in [0.05, 0.1) is 0 Å². The third kappa shape index (κ3) is 4.78. The average molecular weight is 434 g/mol. The summed E-state index contributed by atoms with van der Waals surface area (Å²) < 4.78 is 0. The van der Waals surface area contributed by atoms with E-state index in [1.165, 1.54) is 0 Å². The highest BCUT2D eigenvalue weighted by molar-refractivity contribution is 6.30. The van der Waals surface area contributed by atoms with Gasteiger partial charge in [0.2, 0.25) is 5.91 Å². The van der Waals surface area contributed by atoms with Crippen LogP contribution in [0.1, 0.15) is 29.3 Å². The van der Waals surface area contributed by atoms with Gasteiger partial charge in [0.25, 0.3) is 5.91 Å². The van der Waals surface area contributed by atoms with E-state index in [4.69, 9.17) is 11.6 Å². The number of benzene rings is 2. The molecule has 0 spiro atoms. The zero-order valence-electron chi connectivity index (χ0n) is 17.3. The molecule has 0 radical (unpaired) electrons. The Balaban J connectivity index is 1.53. The Bertz CT molecular complexity index is 1070. The lowest BCUT2D eigenvalue weighted by molar-refractivity contribution is -0.125. The lowest BCUT2D eigenvalue weighted by atomic mass is 9.99. The van der Waals surface area contributed by atoms with Crippen LogP contribution in [0, 0.1) is 5.92 Å². The van der Waals surface area contributed by atoms with E-state index in [0.29, 0.717) is 30.1 Å². The molecule has 31 heavy (non-hydrogen) atoms. The smallest absolute Gasteiger partial charge is 0.255 e. The van der Waals surface area contributed by atoms with Crippen molar-refractivity contribution < 1.29 is 9.59 Å². The number of carbonyl (C=O) groups is 2. The number of hydrogen-bond donors (Lipinski definition) is 1.